The van der Waals surface area contributed by atoms with Gasteiger partial charge >= 0.3 is 0 Å². The lowest BCUT2D eigenvalue weighted by atomic mass is 10.1. The van der Waals surface area contributed by atoms with Crippen molar-refractivity contribution < 1.29 is 8.42 Å². The van der Waals surface area contributed by atoms with E-state index in [2.05, 4.69) is 4.72 Å². The van der Waals surface area contributed by atoms with E-state index < -0.39 is 15.6 Å². The predicted molar refractivity (Wildman–Crippen MR) is 60.6 cm³/mol. The molecule has 0 aromatic carbocycles. The third-order valence-corrected chi connectivity index (χ3v) is 3.19. The van der Waals surface area contributed by atoms with E-state index in [1.807, 2.05) is 18.7 Å². The van der Waals surface area contributed by atoms with Gasteiger partial charge in [-0.15, -0.1) is 0 Å². The van der Waals surface area contributed by atoms with Gasteiger partial charge in [0.05, 0.1) is 12.1 Å². The first-order valence-electron chi connectivity index (χ1n) is 5.01. The summed E-state index contributed by atoms with van der Waals surface area (Å²) in [6, 6.07) is 0. The molecule has 1 fully saturated rings. The van der Waals surface area contributed by atoms with E-state index in [9.17, 15) is 8.42 Å². The molecule has 5 nitrogen and oxygen atoms in total. The summed E-state index contributed by atoms with van der Waals surface area (Å²) in [5, 5.41) is 7.67. The van der Waals surface area contributed by atoms with Crippen molar-refractivity contribution in [1.82, 2.24) is 9.62 Å². The summed E-state index contributed by atoms with van der Waals surface area (Å²) in [7, 11) is -3.19. The zero-order chi connectivity index (χ0) is 11.7. The van der Waals surface area contributed by atoms with Crippen LogP contribution in [0.2, 0.25) is 0 Å². The van der Waals surface area contributed by atoms with E-state index in [-0.39, 0.29) is 0 Å². The van der Waals surface area contributed by atoms with Crippen LogP contribution in [-0.2, 0) is 10.0 Å². The molecule has 15 heavy (non-hydrogen) atoms. The number of rotatable bonds is 4. The zero-order valence-electron chi connectivity index (χ0n) is 9.50. The second-order valence-corrected chi connectivity index (χ2v) is 6.48. The van der Waals surface area contributed by atoms with Crippen LogP contribution in [0, 0.1) is 5.41 Å². The molecule has 0 aliphatic carbocycles. The maximum Gasteiger partial charge on any atom is 0.209 e. The molecule has 88 valence electrons. The molecule has 0 aromatic rings. The average molecular weight is 233 g/mol. The fourth-order valence-electron chi connectivity index (χ4n) is 1.92. The average Bonchev–Trinajstić information content (AvgIpc) is 2.29. The molecule has 0 unspecified atom stereocenters. The Morgan fingerprint density at radius 3 is 2.53 bits per heavy atom. The van der Waals surface area contributed by atoms with Crippen LogP contribution in [0.25, 0.3) is 0 Å². The third kappa shape index (κ3) is 4.17. The molecular formula is C9H19N3O2S. The Labute approximate surface area is 91.4 Å². The summed E-state index contributed by atoms with van der Waals surface area (Å²) >= 11 is 0. The van der Waals surface area contributed by atoms with Gasteiger partial charge in [0.2, 0.25) is 10.0 Å². The SMILES string of the molecule is CC(C)(CN1CCCC1=N)NS(C)(=O)=O. The lowest BCUT2D eigenvalue weighted by Gasteiger charge is -2.31. The van der Waals surface area contributed by atoms with Gasteiger partial charge in [0, 0.05) is 25.0 Å². The smallest absolute Gasteiger partial charge is 0.209 e. The van der Waals surface area contributed by atoms with Crippen molar-refractivity contribution in [2.45, 2.75) is 32.2 Å². The van der Waals surface area contributed by atoms with Crippen LogP contribution in [0.1, 0.15) is 26.7 Å². The summed E-state index contributed by atoms with van der Waals surface area (Å²) < 4.78 is 24.8. The van der Waals surface area contributed by atoms with Crippen LogP contribution in [-0.4, -0.2) is 44.0 Å². The number of nitrogens with one attached hydrogen (secondary N) is 2. The number of hydrogen-bond acceptors (Lipinski definition) is 3. The van der Waals surface area contributed by atoms with Crippen molar-refractivity contribution in [3.63, 3.8) is 0 Å². The van der Waals surface area contributed by atoms with Gasteiger partial charge in [-0.2, -0.15) is 0 Å². The Bertz CT molecular complexity index is 348. The van der Waals surface area contributed by atoms with Crippen LogP contribution in [0.15, 0.2) is 0 Å². The minimum Gasteiger partial charge on any atom is -0.359 e. The minimum absolute atomic E-state index is 0.524. The normalized spacial score (nSPS) is 18.6. The first-order valence-corrected chi connectivity index (χ1v) is 6.90. The molecule has 0 saturated carbocycles. The molecule has 1 aliphatic heterocycles. The summed E-state index contributed by atoms with van der Waals surface area (Å²) in [6.07, 6.45) is 2.95. The maximum absolute atomic E-state index is 11.1. The highest BCUT2D eigenvalue weighted by Crippen LogP contribution is 2.15. The van der Waals surface area contributed by atoms with Crippen molar-refractivity contribution >= 4 is 15.9 Å². The van der Waals surface area contributed by atoms with E-state index in [1.165, 1.54) is 0 Å². The molecule has 0 atom stereocenters. The Morgan fingerprint density at radius 2 is 2.13 bits per heavy atom. The fourth-order valence-corrected chi connectivity index (χ4v) is 2.98. The number of nitrogens with zero attached hydrogens (tertiary/aromatic N) is 1. The van der Waals surface area contributed by atoms with Gasteiger partial charge in [0.25, 0.3) is 0 Å². The van der Waals surface area contributed by atoms with Gasteiger partial charge in [0.1, 0.15) is 0 Å². The van der Waals surface area contributed by atoms with Crippen molar-refractivity contribution in [2.75, 3.05) is 19.3 Å². The van der Waals surface area contributed by atoms with E-state index >= 15 is 0 Å². The standard InChI is InChI=1S/C9H19N3O2S/c1-9(2,11-15(3,13)14)7-12-6-4-5-8(12)10/h10-11H,4-7H2,1-3H3. The first-order chi connectivity index (χ1) is 6.70. The van der Waals surface area contributed by atoms with Crippen molar-refractivity contribution in [3.05, 3.63) is 0 Å². The van der Waals surface area contributed by atoms with Crippen molar-refractivity contribution in [1.29, 1.82) is 5.41 Å². The van der Waals surface area contributed by atoms with Crippen LogP contribution >= 0.6 is 0 Å². The molecule has 0 spiro atoms. The van der Waals surface area contributed by atoms with Crippen LogP contribution in [0.5, 0.6) is 0 Å². The molecule has 0 amide bonds. The van der Waals surface area contributed by atoms with Crippen molar-refractivity contribution in [2.24, 2.45) is 0 Å². The highest BCUT2D eigenvalue weighted by molar-refractivity contribution is 7.88. The fraction of sp³-hybridized carbons (Fsp3) is 0.889. The van der Waals surface area contributed by atoms with Crippen LogP contribution in [0.4, 0.5) is 0 Å². The molecule has 1 saturated heterocycles. The maximum atomic E-state index is 11.1. The molecule has 0 radical (unpaired) electrons. The number of sulfonamides is 1. The Kier molecular flexibility index (Phi) is 3.40. The van der Waals surface area contributed by atoms with Crippen LogP contribution in [0.3, 0.4) is 0 Å². The van der Waals surface area contributed by atoms with Gasteiger partial charge < -0.3 is 4.90 Å². The van der Waals surface area contributed by atoms with E-state index in [0.29, 0.717) is 12.4 Å². The predicted octanol–water partition coefficient (Wildman–Crippen LogP) is 0.387. The van der Waals surface area contributed by atoms with E-state index in [0.717, 1.165) is 25.6 Å². The topological polar surface area (TPSA) is 73.3 Å². The summed E-state index contributed by atoms with van der Waals surface area (Å²) in [4.78, 5) is 1.93. The van der Waals surface area contributed by atoms with Gasteiger partial charge in [-0.25, -0.2) is 13.1 Å². The van der Waals surface area contributed by atoms with E-state index in [4.69, 9.17) is 5.41 Å². The summed E-state index contributed by atoms with van der Waals surface area (Å²) in [6.45, 7) is 5.08. The molecular weight excluding hydrogens is 214 g/mol. The molecule has 6 heteroatoms. The van der Waals surface area contributed by atoms with Crippen LogP contribution < -0.4 is 4.72 Å². The summed E-state index contributed by atoms with van der Waals surface area (Å²) in [5.41, 5.74) is -0.524. The molecule has 0 aromatic heterocycles. The largest absolute Gasteiger partial charge is 0.359 e. The lowest BCUT2D eigenvalue weighted by Crippen LogP contribution is -2.51. The number of hydrogen-bond donors (Lipinski definition) is 2. The quantitative estimate of drug-likeness (QED) is 0.737. The number of amidine groups is 1. The van der Waals surface area contributed by atoms with Gasteiger partial charge in [-0.3, -0.25) is 5.41 Å². The molecule has 1 rings (SSSR count). The van der Waals surface area contributed by atoms with E-state index in [1.54, 1.807) is 0 Å². The lowest BCUT2D eigenvalue weighted by molar-refractivity contribution is 0.325. The molecule has 2 N–H and O–H groups in total. The Hall–Kier alpha value is -0.620. The molecule has 0 bridgehead atoms. The minimum atomic E-state index is -3.19. The highest BCUT2D eigenvalue weighted by atomic mass is 32.2. The summed E-state index contributed by atoms with van der Waals surface area (Å²) in [5.74, 6) is 0.610. The zero-order valence-corrected chi connectivity index (χ0v) is 10.3. The molecule has 1 heterocycles. The van der Waals surface area contributed by atoms with Crippen molar-refractivity contribution in [3.8, 4) is 0 Å². The monoisotopic (exact) mass is 233 g/mol. The number of likely N-dealkylation sites (tertiary alicyclic amines) is 1. The second kappa shape index (κ2) is 4.09. The Balaban J connectivity index is 2.59. The highest BCUT2D eigenvalue weighted by Gasteiger charge is 2.28. The Morgan fingerprint density at radius 1 is 1.53 bits per heavy atom. The van der Waals surface area contributed by atoms with Gasteiger partial charge in [-0.05, 0) is 20.3 Å². The van der Waals surface area contributed by atoms with Gasteiger partial charge in [0.15, 0.2) is 0 Å². The second-order valence-electron chi connectivity index (χ2n) is 4.73. The van der Waals surface area contributed by atoms with Gasteiger partial charge in [-0.1, -0.05) is 0 Å². The third-order valence-electron chi connectivity index (χ3n) is 2.27. The molecule has 1 aliphatic rings. The first kappa shape index (κ1) is 12.4.